The minimum Gasteiger partial charge on any atom is -0.390 e. The van der Waals surface area contributed by atoms with Crippen molar-refractivity contribution < 1.29 is 14.6 Å². The molecule has 1 amide bonds. The number of morpholine rings is 1. The first kappa shape index (κ1) is 17.4. The molecule has 0 bridgehead atoms. The Kier molecular flexibility index (Phi) is 5.23. The summed E-state index contributed by atoms with van der Waals surface area (Å²) < 4.78 is 5.38. The van der Waals surface area contributed by atoms with Gasteiger partial charge in [-0.3, -0.25) is 9.69 Å². The molecule has 2 saturated heterocycles. The van der Waals surface area contributed by atoms with Crippen LogP contribution in [-0.2, 0) is 11.2 Å². The number of nitrogens with zero attached hydrogens (tertiary/aromatic N) is 2. The predicted molar refractivity (Wildman–Crippen MR) is 93.1 cm³/mol. The van der Waals surface area contributed by atoms with Crippen LogP contribution in [0.5, 0.6) is 0 Å². The maximum absolute atomic E-state index is 12.5. The summed E-state index contributed by atoms with van der Waals surface area (Å²) in [6.45, 7) is 8.83. The molecule has 0 unspecified atom stereocenters. The van der Waals surface area contributed by atoms with E-state index in [1.165, 1.54) is 0 Å². The number of ether oxygens (including phenoxy) is 1. The third-order valence-corrected chi connectivity index (χ3v) is 4.94. The van der Waals surface area contributed by atoms with Gasteiger partial charge in [-0.15, -0.1) is 0 Å². The Morgan fingerprint density at radius 2 is 1.83 bits per heavy atom. The Morgan fingerprint density at radius 1 is 1.21 bits per heavy atom. The summed E-state index contributed by atoms with van der Waals surface area (Å²) in [5.41, 5.74) is 1.26. The van der Waals surface area contributed by atoms with Gasteiger partial charge in [0.1, 0.15) is 0 Å². The zero-order valence-corrected chi connectivity index (χ0v) is 14.7. The standard InChI is InChI=1S/C19H28N2O3/c1-19(2,23)8-7-15-3-5-16(6-4-15)18(22)21-13-17(14-21)20-9-11-24-12-10-20/h3-6,17,23H,7-14H2,1-2H3. The number of carbonyl (C=O) groups excluding carboxylic acids is 1. The number of hydrogen-bond donors (Lipinski definition) is 1. The molecule has 1 aromatic rings. The number of aryl methyl sites for hydroxylation is 1. The van der Waals surface area contributed by atoms with E-state index in [-0.39, 0.29) is 5.91 Å². The van der Waals surface area contributed by atoms with Crippen LogP contribution in [0.1, 0.15) is 36.2 Å². The number of carbonyl (C=O) groups is 1. The minimum atomic E-state index is -0.652. The van der Waals surface area contributed by atoms with Crippen LogP contribution in [0.2, 0.25) is 0 Å². The molecule has 0 spiro atoms. The van der Waals surface area contributed by atoms with Gasteiger partial charge in [0.2, 0.25) is 0 Å². The van der Waals surface area contributed by atoms with Crippen LogP contribution in [-0.4, -0.2) is 71.8 Å². The SMILES string of the molecule is CC(C)(O)CCc1ccc(C(=O)N2CC(N3CCOCC3)C2)cc1. The highest BCUT2D eigenvalue weighted by Gasteiger charge is 2.35. The highest BCUT2D eigenvalue weighted by Crippen LogP contribution is 2.20. The molecule has 0 aromatic heterocycles. The van der Waals surface area contributed by atoms with E-state index in [1.807, 2.05) is 43.0 Å². The van der Waals surface area contributed by atoms with Gasteiger partial charge in [0.05, 0.1) is 18.8 Å². The molecule has 1 N–H and O–H groups in total. The molecular formula is C19H28N2O3. The van der Waals surface area contributed by atoms with E-state index >= 15 is 0 Å². The van der Waals surface area contributed by atoms with Crippen molar-refractivity contribution in [2.45, 2.75) is 38.3 Å². The molecule has 0 saturated carbocycles. The molecule has 2 aliphatic rings. The lowest BCUT2D eigenvalue weighted by Crippen LogP contribution is -2.62. The largest absolute Gasteiger partial charge is 0.390 e. The second kappa shape index (κ2) is 7.21. The van der Waals surface area contributed by atoms with Crippen LogP contribution in [0, 0.1) is 0 Å². The fourth-order valence-electron chi connectivity index (χ4n) is 3.24. The number of hydrogen-bond acceptors (Lipinski definition) is 4. The Hall–Kier alpha value is -1.43. The maximum Gasteiger partial charge on any atom is 0.253 e. The summed E-state index contributed by atoms with van der Waals surface area (Å²) in [5, 5.41) is 9.79. The van der Waals surface area contributed by atoms with Gasteiger partial charge in [-0.1, -0.05) is 12.1 Å². The molecule has 3 rings (SSSR count). The average molecular weight is 332 g/mol. The lowest BCUT2D eigenvalue weighted by Gasteiger charge is -2.46. The molecule has 24 heavy (non-hydrogen) atoms. The summed E-state index contributed by atoms with van der Waals surface area (Å²) in [6.07, 6.45) is 1.54. The van der Waals surface area contributed by atoms with Crippen LogP contribution in [0.15, 0.2) is 24.3 Å². The van der Waals surface area contributed by atoms with Crippen molar-refractivity contribution in [2.24, 2.45) is 0 Å². The van der Waals surface area contributed by atoms with Gasteiger partial charge in [-0.05, 0) is 44.4 Å². The topological polar surface area (TPSA) is 53.0 Å². The van der Waals surface area contributed by atoms with Gasteiger partial charge in [0, 0.05) is 37.8 Å². The Balaban J connectivity index is 1.49. The first-order valence-corrected chi connectivity index (χ1v) is 8.85. The third kappa shape index (κ3) is 4.35. The van der Waals surface area contributed by atoms with E-state index in [4.69, 9.17) is 4.74 Å². The number of likely N-dealkylation sites (tertiary alicyclic amines) is 1. The lowest BCUT2D eigenvalue weighted by molar-refractivity contribution is -0.0256. The van der Waals surface area contributed by atoms with Crippen LogP contribution in [0.4, 0.5) is 0 Å². The zero-order valence-electron chi connectivity index (χ0n) is 14.7. The molecule has 2 fully saturated rings. The van der Waals surface area contributed by atoms with Crippen molar-refractivity contribution in [2.75, 3.05) is 39.4 Å². The van der Waals surface area contributed by atoms with Crippen LogP contribution >= 0.6 is 0 Å². The predicted octanol–water partition coefficient (Wildman–Crippen LogP) is 1.55. The summed E-state index contributed by atoms with van der Waals surface area (Å²) in [7, 11) is 0. The molecule has 0 atom stereocenters. The van der Waals surface area contributed by atoms with Crippen molar-refractivity contribution in [3.63, 3.8) is 0 Å². The third-order valence-electron chi connectivity index (χ3n) is 4.94. The van der Waals surface area contributed by atoms with Crippen LogP contribution < -0.4 is 0 Å². The van der Waals surface area contributed by atoms with Gasteiger partial charge in [-0.2, -0.15) is 0 Å². The van der Waals surface area contributed by atoms with Crippen LogP contribution in [0.3, 0.4) is 0 Å². The molecular weight excluding hydrogens is 304 g/mol. The van der Waals surface area contributed by atoms with Crippen molar-refractivity contribution >= 4 is 5.91 Å². The number of aliphatic hydroxyl groups is 1. The second-order valence-corrected chi connectivity index (χ2v) is 7.52. The van der Waals surface area contributed by atoms with Crippen LogP contribution in [0.25, 0.3) is 0 Å². The molecule has 2 heterocycles. The maximum atomic E-state index is 12.5. The Bertz CT molecular complexity index is 553. The van der Waals surface area contributed by atoms with Gasteiger partial charge >= 0.3 is 0 Å². The summed E-state index contributed by atoms with van der Waals surface area (Å²) >= 11 is 0. The highest BCUT2D eigenvalue weighted by atomic mass is 16.5. The van der Waals surface area contributed by atoms with E-state index in [2.05, 4.69) is 4.90 Å². The van der Waals surface area contributed by atoms with Crippen molar-refractivity contribution in [1.82, 2.24) is 9.80 Å². The normalized spacial score (nSPS) is 20.0. The zero-order chi connectivity index (χ0) is 17.2. The fraction of sp³-hybridized carbons (Fsp3) is 0.632. The van der Waals surface area contributed by atoms with Gasteiger partial charge in [0.25, 0.3) is 5.91 Å². The van der Waals surface area contributed by atoms with Gasteiger partial charge in [-0.25, -0.2) is 0 Å². The van der Waals surface area contributed by atoms with Crippen molar-refractivity contribution in [1.29, 1.82) is 0 Å². The van der Waals surface area contributed by atoms with Gasteiger partial charge in [0.15, 0.2) is 0 Å². The van der Waals surface area contributed by atoms with Crippen molar-refractivity contribution in [3.8, 4) is 0 Å². The van der Waals surface area contributed by atoms with E-state index in [1.54, 1.807) is 0 Å². The first-order chi connectivity index (χ1) is 11.4. The average Bonchev–Trinajstić information content (AvgIpc) is 2.52. The molecule has 5 nitrogen and oxygen atoms in total. The lowest BCUT2D eigenvalue weighted by atomic mass is 9.98. The summed E-state index contributed by atoms with van der Waals surface area (Å²) in [5.74, 6) is 0.119. The second-order valence-electron chi connectivity index (χ2n) is 7.52. The fourth-order valence-corrected chi connectivity index (χ4v) is 3.24. The Morgan fingerprint density at radius 3 is 2.42 bits per heavy atom. The Labute approximate surface area is 144 Å². The van der Waals surface area contributed by atoms with Crippen molar-refractivity contribution in [3.05, 3.63) is 35.4 Å². The minimum absolute atomic E-state index is 0.119. The molecule has 5 heteroatoms. The first-order valence-electron chi connectivity index (χ1n) is 8.85. The summed E-state index contributed by atoms with van der Waals surface area (Å²) in [4.78, 5) is 16.9. The highest BCUT2D eigenvalue weighted by molar-refractivity contribution is 5.94. The van der Waals surface area contributed by atoms with E-state index < -0.39 is 5.60 Å². The van der Waals surface area contributed by atoms with E-state index in [0.29, 0.717) is 12.5 Å². The molecule has 0 aliphatic carbocycles. The monoisotopic (exact) mass is 332 g/mol. The quantitative estimate of drug-likeness (QED) is 0.889. The van der Waals surface area contributed by atoms with Gasteiger partial charge < -0.3 is 14.7 Å². The molecule has 132 valence electrons. The van der Waals surface area contributed by atoms with E-state index in [9.17, 15) is 9.90 Å². The number of rotatable bonds is 5. The molecule has 1 aromatic carbocycles. The number of amides is 1. The molecule has 0 radical (unpaired) electrons. The number of benzene rings is 1. The smallest absolute Gasteiger partial charge is 0.253 e. The summed E-state index contributed by atoms with van der Waals surface area (Å²) in [6, 6.07) is 8.30. The molecule has 2 aliphatic heterocycles. The van der Waals surface area contributed by atoms with E-state index in [0.717, 1.165) is 56.9 Å².